The predicted molar refractivity (Wildman–Crippen MR) is 110 cm³/mol. The fourth-order valence-electron chi connectivity index (χ4n) is 3.00. The summed E-state index contributed by atoms with van der Waals surface area (Å²) in [6, 6.07) is 24.3. The van der Waals surface area contributed by atoms with E-state index in [1.165, 1.54) is 10.8 Å². The Labute approximate surface area is 156 Å². The second-order valence-electron chi connectivity index (χ2n) is 6.17. The number of nitrogens with one attached hydrogen (secondary N) is 1. The summed E-state index contributed by atoms with van der Waals surface area (Å²) >= 11 is 1.54. The van der Waals surface area contributed by atoms with E-state index in [0.29, 0.717) is 5.75 Å². The molecule has 0 saturated carbocycles. The molecule has 0 aliphatic rings. The van der Waals surface area contributed by atoms with E-state index in [1.54, 1.807) is 11.8 Å². The molecule has 1 N–H and O–H groups in total. The molecule has 1 heterocycles. The zero-order valence-corrected chi connectivity index (χ0v) is 15.2. The van der Waals surface area contributed by atoms with E-state index in [9.17, 15) is 4.79 Å². The van der Waals surface area contributed by atoms with E-state index < -0.39 is 0 Å². The molecule has 0 aliphatic heterocycles. The molecule has 4 heteroatoms. The van der Waals surface area contributed by atoms with Crippen LogP contribution in [0.4, 0.5) is 5.69 Å². The zero-order chi connectivity index (χ0) is 17.9. The van der Waals surface area contributed by atoms with Gasteiger partial charge in [-0.3, -0.25) is 9.78 Å². The Bertz CT molecular complexity index is 1110. The lowest BCUT2D eigenvalue weighted by Crippen LogP contribution is -2.14. The average Bonchev–Trinajstić information content (AvgIpc) is 2.66. The van der Waals surface area contributed by atoms with Gasteiger partial charge in [0.25, 0.3) is 0 Å². The highest BCUT2D eigenvalue weighted by molar-refractivity contribution is 8.00. The molecule has 0 saturated heterocycles. The summed E-state index contributed by atoms with van der Waals surface area (Å²) in [6.07, 6.45) is 0. The van der Waals surface area contributed by atoms with Gasteiger partial charge in [0.15, 0.2) is 0 Å². The van der Waals surface area contributed by atoms with Crippen LogP contribution in [0.15, 0.2) is 77.7 Å². The van der Waals surface area contributed by atoms with Crippen LogP contribution in [0.2, 0.25) is 0 Å². The molecule has 0 fully saturated rings. The van der Waals surface area contributed by atoms with Crippen molar-refractivity contribution < 1.29 is 4.79 Å². The minimum absolute atomic E-state index is 0.0149. The molecule has 26 heavy (non-hydrogen) atoms. The minimum atomic E-state index is -0.0149. The molecule has 4 aromatic rings. The van der Waals surface area contributed by atoms with Crippen molar-refractivity contribution in [3.05, 3.63) is 78.5 Å². The van der Waals surface area contributed by atoms with Gasteiger partial charge in [0.05, 0.1) is 17.0 Å². The van der Waals surface area contributed by atoms with Crippen molar-refractivity contribution in [1.82, 2.24) is 4.98 Å². The number of benzene rings is 3. The van der Waals surface area contributed by atoms with Gasteiger partial charge in [-0.15, -0.1) is 11.8 Å². The molecule has 0 radical (unpaired) electrons. The quantitative estimate of drug-likeness (QED) is 0.495. The fraction of sp³-hybridized carbons (Fsp3) is 0.0909. The molecule has 0 atom stereocenters. The van der Waals surface area contributed by atoms with Crippen LogP contribution in [0.1, 0.15) is 5.69 Å². The molecule has 1 amide bonds. The average molecular weight is 358 g/mol. The molecule has 1 aromatic heterocycles. The maximum absolute atomic E-state index is 12.5. The van der Waals surface area contributed by atoms with Gasteiger partial charge in [0.2, 0.25) is 5.91 Å². The first-order valence-electron chi connectivity index (χ1n) is 8.47. The number of aryl methyl sites for hydroxylation is 1. The highest BCUT2D eigenvalue weighted by atomic mass is 32.2. The maximum Gasteiger partial charge on any atom is 0.234 e. The summed E-state index contributed by atoms with van der Waals surface area (Å²) in [7, 11) is 0. The molecule has 0 aliphatic carbocycles. The second kappa shape index (κ2) is 7.18. The molecule has 0 bridgehead atoms. The third-order valence-electron chi connectivity index (χ3n) is 4.21. The van der Waals surface area contributed by atoms with Crippen molar-refractivity contribution in [2.75, 3.05) is 11.1 Å². The monoisotopic (exact) mass is 358 g/mol. The Morgan fingerprint density at radius 1 is 0.962 bits per heavy atom. The van der Waals surface area contributed by atoms with Crippen LogP contribution in [0.3, 0.4) is 0 Å². The highest BCUT2D eigenvalue weighted by Gasteiger charge is 2.08. The van der Waals surface area contributed by atoms with E-state index in [-0.39, 0.29) is 5.91 Å². The van der Waals surface area contributed by atoms with E-state index in [2.05, 4.69) is 40.6 Å². The molecule has 4 rings (SSSR count). The number of carbonyl (C=O) groups is 1. The number of amides is 1. The smallest absolute Gasteiger partial charge is 0.234 e. The van der Waals surface area contributed by atoms with Gasteiger partial charge < -0.3 is 5.32 Å². The molecular formula is C22H18N2OS. The van der Waals surface area contributed by atoms with Crippen LogP contribution in [0, 0.1) is 6.92 Å². The van der Waals surface area contributed by atoms with Gasteiger partial charge in [-0.25, -0.2) is 0 Å². The zero-order valence-electron chi connectivity index (χ0n) is 14.4. The number of carbonyl (C=O) groups excluding carboxylic acids is 1. The van der Waals surface area contributed by atoms with Crippen molar-refractivity contribution in [2.24, 2.45) is 0 Å². The van der Waals surface area contributed by atoms with E-state index >= 15 is 0 Å². The van der Waals surface area contributed by atoms with E-state index in [1.807, 2.05) is 49.4 Å². The molecular weight excluding hydrogens is 340 g/mol. The van der Waals surface area contributed by atoms with Crippen molar-refractivity contribution in [1.29, 1.82) is 0 Å². The number of hydrogen-bond donors (Lipinski definition) is 1. The molecule has 0 unspecified atom stereocenters. The molecule has 3 nitrogen and oxygen atoms in total. The first kappa shape index (κ1) is 16.6. The molecule has 128 valence electrons. The van der Waals surface area contributed by atoms with Crippen LogP contribution >= 0.6 is 11.8 Å². The topological polar surface area (TPSA) is 42.0 Å². The lowest BCUT2D eigenvalue weighted by atomic mass is 10.1. The molecule has 0 spiro atoms. The first-order valence-corrected chi connectivity index (χ1v) is 9.45. The minimum Gasteiger partial charge on any atom is -0.325 e. The van der Waals surface area contributed by atoms with Gasteiger partial charge in [-0.05, 0) is 42.0 Å². The first-order chi connectivity index (χ1) is 12.7. The maximum atomic E-state index is 12.5. The predicted octanol–water partition coefficient (Wildman–Crippen LogP) is 5.43. The Morgan fingerprint density at radius 3 is 2.62 bits per heavy atom. The van der Waals surface area contributed by atoms with Gasteiger partial charge in [-0.2, -0.15) is 0 Å². The standard InChI is InChI=1S/C22H18N2OS/c1-15-12-21(19-8-4-5-9-20(19)23-15)24-22(25)14-26-18-11-10-16-6-2-3-7-17(16)13-18/h2-13H,14H2,1H3,(H,23,24,25). The normalized spacial score (nSPS) is 11.0. The van der Waals surface area contributed by atoms with Crippen molar-refractivity contribution in [3.8, 4) is 0 Å². The summed E-state index contributed by atoms with van der Waals surface area (Å²) in [5.41, 5.74) is 2.60. The lowest BCUT2D eigenvalue weighted by Gasteiger charge is -2.10. The Morgan fingerprint density at radius 2 is 1.73 bits per heavy atom. The summed E-state index contributed by atoms with van der Waals surface area (Å²) in [6.45, 7) is 1.94. The van der Waals surface area contributed by atoms with Crippen molar-refractivity contribution in [3.63, 3.8) is 0 Å². The van der Waals surface area contributed by atoms with Crippen molar-refractivity contribution >= 4 is 45.0 Å². The Kier molecular flexibility index (Phi) is 4.59. The number of para-hydroxylation sites is 1. The number of hydrogen-bond acceptors (Lipinski definition) is 3. The Hall–Kier alpha value is -2.85. The van der Waals surface area contributed by atoms with Crippen molar-refractivity contribution in [2.45, 2.75) is 11.8 Å². The molecule has 3 aromatic carbocycles. The third kappa shape index (κ3) is 3.55. The fourth-order valence-corrected chi connectivity index (χ4v) is 3.75. The lowest BCUT2D eigenvalue weighted by molar-refractivity contribution is -0.113. The SMILES string of the molecule is Cc1cc(NC(=O)CSc2ccc3ccccc3c2)c2ccccc2n1. The number of pyridine rings is 1. The third-order valence-corrected chi connectivity index (χ3v) is 5.20. The number of nitrogens with zero attached hydrogens (tertiary/aromatic N) is 1. The second-order valence-corrected chi connectivity index (χ2v) is 7.22. The summed E-state index contributed by atoms with van der Waals surface area (Å²) in [4.78, 5) is 18.1. The number of aromatic nitrogens is 1. The van der Waals surface area contributed by atoms with Crippen LogP contribution in [-0.4, -0.2) is 16.6 Å². The number of rotatable bonds is 4. The van der Waals surface area contributed by atoms with Crippen LogP contribution in [0.25, 0.3) is 21.7 Å². The van der Waals surface area contributed by atoms with Crippen LogP contribution in [-0.2, 0) is 4.79 Å². The highest BCUT2D eigenvalue weighted by Crippen LogP contribution is 2.25. The van der Waals surface area contributed by atoms with Gasteiger partial charge >= 0.3 is 0 Å². The van der Waals surface area contributed by atoms with Crippen LogP contribution < -0.4 is 5.32 Å². The summed E-state index contributed by atoms with van der Waals surface area (Å²) in [5.74, 6) is 0.354. The number of fused-ring (bicyclic) bond motifs is 2. The number of anilines is 1. The van der Waals surface area contributed by atoms with Gasteiger partial charge in [0, 0.05) is 16.0 Å². The van der Waals surface area contributed by atoms with Gasteiger partial charge in [-0.1, -0.05) is 48.5 Å². The largest absolute Gasteiger partial charge is 0.325 e. The van der Waals surface area contributed by atoms with Gasteiger partial charge in [0.1, 0.15) is 0 Å². The van der Waals surface area contributed by atoms with Crippen LogP contribution in [0.5, 0.6) is 0 Å². The summed E-state index contributed by atoms with van der Waals surface area (Å²) < 4.78 is 0. The Balaban J connectivity index is 1.48. The number of thioether (sulfide) groups is 1. The van der Waals surface area contributed by atoms with E-state index in [0.717, 1.165) is 27.2 Å². The summed E-state index contributed by atoms with van der Waals surface area (Å²) in [5, 5.41) is 6.39. The van der Waals surface area contributed by atoms with E-state index in [4.69, 9.17) is 0 Å².